The van der Waals surface area contributed by atoms with Crippen molar-refractivity contribution in [3.8, 4) is 0 Å². The second-order valence-corrected chi connectivity index (χ2v) is 8.33. The minimum atomic E-state index is -0.874. The molecular weight excluding hydrogens is 492 g/mol. The standard InChI is InChI=1S/C23H19ClN6O4S/c24-15-6-8-16(9-7-15)27-21(31)12-19-22(32)29(17-4-2-1-3-5-17)23(35)28(19)14-26-20-11-10-18(13-25-20)30(33)34/h1-11,13,19H,12,14H2,(H,25,26)(H,27,31)/t19-/m1/s1. The van der Waals surface area contributed by atoms with Gasteiger partial charge < -0.3 is 15.5 Å². The predicted molar refractivity (Wildman–Crippen MR) is 136 cm³/mol. The molecule has 10 nitrogen and oxygen atoms in total. The van der Waals surface area contributed by atoms with E-state index in [9.17, 15) is 19.7 Å². The average molecular weight is 511 g/mol. The molecule has 1 aliphatic rings. The number of carbonyl (C=O) groups is 2. The first-order chi connectivity index (χ1) is 16.8. The van der Waals surface area contributed by atoms with Crippen LogP contribution in [-0.2, 0) is 9.59 Å². The lowest BCUT2D eigenvalue weighted by Gasteiger charge is -2.24. The number of nitro groups is 1. The largest absolute Gasteiger partial charge is 0.353 e. The van der Waals surface area contributed by atoms with Gasteiger partial charge in [0.1, 0.15) is 18.1 Å². The number of halogens is 1. The van der Waals surface area contributed by atoms with Crippen molar-refractivity contribution in [2.24, 2.45) is 0 Å². The number of nitrogens with one attached hydrogen (secondary N) is 2. The molecule has 178 valence electrons. The highest BCUT2D eigenvalue weighted by atomic mass is 35.5. The van der Waals surface area contributed by atoms with Gasteiger partial charge in [-0.15, -0.1) is 0 Å². The lowest BCUT2D eigenvalue weighted by atomic mass is 10.1. The summed E-state index contributed by atoms with van der Waals surface area (Å²) in [5.41, 5.74) is 0.989. The van der Waals surface area contributed by atoms with Crippen LogP contribution in [0.25, 0.3) is 0 Å². The number of aromatic nitrogens is 1. The van der Waals surface area contributed by atoms with Gasteiger partial charge in [0, 0.05) is 16.8 Å². The molecule has 0 radical (unpaired) electrons. The maximum absolute atomic E-state index is 13.4. The Morgan fingerprint density at radius 2 is 1.83 bits per heavy atom. The lowest BCUT2D eigenvalue weighted by molar-refractivity contribution is -0.385. The van der Waals surface area contributed by atoms with E-state index >= 15 is 0 Å². The first-order valence-electron chi connectivity index (χ1n) is 10.4. The van der Waals surface area contributed by atoms with Crippen LogP contribution in [0.1, 0.15) is 6.42 Å². The van der Waals surface area contributed by atoms with Gasteiger partial charge in [-0.1, -0.05) is 29.8 Å². The van der Waals surface area contributed by atoms with Gasteiger partial charge in [-0.3, -0.25) is 24.6 Å². The van der Waals surface area contributed by atoms with Crippen LogP contribution in [0.5, 0.6) is 0 Å². The number of para-hydroxylation sites is 1. The fraction of sp³-hybridized carbons (Fsp3) is 0.130. The molecule has 1 saturated heterocycles. The summed E-state index contributed by atoms with van der Waals surface area (Å²) in [6.45, 7) is 0.0532. The Bertz CT molecular complexity index is 1260. The Balaban J connectivity index is 1.53. The van der Waals surface area contributed by atoms with Crippen molar-refractivity contribution in [3.05, 3.63) is 88.1 Å². The number of hydrogen-bond donors (Lipinski definition) is 2. The summed E-state index contributed by atoms with van der Waals surface area (Å²) >= 11 is 11.5. The number of anilines is 3. The number of rotatable bonds is 8. The van der Waals surface area contributed by atoms with Crippen LogP contribution in [-0.4, -0.2) is 44.4 Å². The van der Waals surface area contributed by atoms with Crippen molar-refractivity contribution < 1.29 is 14.5 Å². The van der Waals surface area contributed by atoms with Gasteiger partial charge in [0.15, 0.2) is 5.11 Å². The summed E-state index contributed by atoms with van der Waals surface area (Å²) in [6, 6.07) is 17.4. The van der Waals surface area contributed by atoms with Gasteiger partial charge in [-0.05, 0) is 54.7 Å². The Morgan fingerprint density at radius 3 is 2.46 bits per heavy atom. The second kappa shape index (κ2) is 10.5. The molecule has 4 rings (SSSR count). The molecule has 1 fully saturated rings. The van der Waals surface area contributed by atoms with Crippen molar-refractivity contribution in [2.75, 3.05) is 22.2 Å². The fourth-order valence-electron chi connectivity index (χ4n) is 3.51. The quantitative estimate of drug-likeness (QED) is 0.264. The van der Waals surface area contributed by atoms with Crippen LogP contribution in [0.15, 0.2) is 72.9 Å². The molecule has 0 spiro atoms. The van der Waals surface area contributed by atoms with Gasteiger partial charge in [-0.25, -0.2) is 4.98 Å². The zero-order valence-corrected chi connectivity index (χ0v) is 19.7. The van der Waals surface area contributed by atoms with Crippen molar-refractivity contribution >= 4 is 63.6 Å². The van der Waals surface area contributed by atoms with E-state index in [1.165, 1.54) is 17.0 Å². The van der Waals surface area contributed by atoms with Gasteiger partial charge in [-0.2, -0.15) is 0 Å². The SMILES string of the molecule is O=C(C[C@@H]1C(=O)N(c2ccccc2)C(=S)N1CNc1ccc([N+](=O)[O-])cn1)Nc1ccc(Cl)cc1. The van der Waals surface area contributed by atoms with Gasteiger partial charge in [0.2, 0.25) is 5.91 Å². The van der Waals surface area contributed by atoms with Crippen molar-refractivity contribution in [3.63, 3.8) is 0 Å². The summed E-state index contributed by atoms with van der Waals surface area (Å²) in [6.07, 6.45) is 0.976. The molecule has 2 N–H and O–H groups in total. The Labute approximate surface area is 210 Å². The van der Waals surface area contributed by atoms with E-state index in [1.807, 2.05) is 6.07 Å². The molecule has 2 amide bonds. The minimum absolute atomic E-state index is 0.0532. The van der Waals surface area contributed by atoms with Crippen LogP contribution < -0.4 is 15.5 Å². The highest BCUT2D eigenvalue weighted by molar-refractivity contribution is 7.80. The van der Waals surface area contributed by atoms with E-state index in [-0.39, 0.29) is 35.7 Å². The molecule has 2 heterocycles. The highest BCUT2D eigenvalue weighted by Gasteiger charge is 2.44. The summed E-state index contributed by atoms with van der Waals surface area (Å²) < 4.78 is 0. The lowest BCUT2D eigenvalue weighted by Crippen LogP contribution is -2.41. The molecule has 12 heteroatoms. The maximum Gasteiger partial charge on any atom is 0.287 e. The van der Waals surface area contributed by atoms with Crippen LogP contribution in [0, 0.1) is 10.1 Å². The average Bonchev–Trinajstić information content (AvgIpc) is 3.08. The Hall–Kier alpha value is -4.09. The molecule has 35 heavy (non-hydrogen) atoms. The van der Waals surface area contributed by atoms with Gasteiger partial charge in [0.05, 0.1) is 23.7 Å². The molecule has 0 unspecified atom stereocenters. The summed E-state index contributed by atoms with van der Waals surface area (Å²) in [5.74, 6) is -0.360. The minimum Gasteiger partial charge on any atom is -0.353 e. The van der Waals surface area contributed by atoms with Crippen LogP contribution in [0.3, 0.4) is 0 Å². The van der Waals surface area contributed by atoms with Crippen LogP contribution >= 0.6 is 23.8 Å². The van der Waals surface area contributed by atoms with E-state index in [4.69, 9.17) is 23.8 Å². The molecular formula is C23H19ClN6O4S. The first kappa shape index (κ1) is 24.0. The van der Waals surface area contributed by atoms with Crippen molar-refractivity contribution in [1.82, 2.24) is 9.88 Å². The van der Waals surface area contributed by atoms with Crippen LogP contribution in [0.2, 0.25) is 5.02 Å². The second-order valence-electron chi connectivity index (χ2n) is 7.53. The van der Waals surface area contributed by atoms with Gasteiger partial charge in [0.25, 0.3) is 11.6 Å². The molecule has 0 saturated carbocycles. The zero-order valence-electron chi connectivity index (χ0n) is 18.1. The molecule has 0 aliphatic carbocycles. The third-order valence-electron chi connectivity index (χ3n) is 5.23. The number of carbonyl (C=O) groups excluding carboxylic acids is 2. The monoisotopic (exact) mass is 510 g/mol. The van der Waals surface area contributed by atoms with E-state index in [0.29, 0.717) is 22.2 Å². The van der Waals surface area contributed by atoms with E-state index in [1.54, 1.807) is 53.4 Å². The van der Waals surface area contributed by atoms with E-state index < -0.39 is 11.0 Å². The molecule has 3 aromatic rings. The molecule has 1 atom stereocenters. The van der Waals surface area contributed by atoms with Crippen LogP contribution in [0.4, 0.5) is 22.9 Å². The third-order valence-corrected chi connectivity index (χ3v) is 5.90. The van der Waals surface area contributed by atoms with E-state index in [2.05, 4.69) is 15.6 Å². The van der Waals surface area contributed by atoms with Crippen molar-refractivity contribution in [2.45, 2.75) is 12.5 Å². The zero-order chi connectivity index (χ0) is 24.9. The first-order valence-corrected chi connectivity index (χ1v) is 11.2. The Morgan fingerprint density at radius 1 is 1.11 bits per heavy atom. The summed E-state index contributed by atoms with van der Waals surface area (Å²) in [5, 5.41) is 17.4. The summed E-state index contributed by atoms with van der Waals surface area (Å²) in [4.78, 5) is 43.5. The number of hydrogen-bond acceptors (Lipinski definition) is 7. The number of benzene rings is 2. The molecule has 1 aliphatic heterocycles. The predicted octanol–water partition coefficient (Wildman–Crippen LogP) is 4.04. The van der Waals surface area contributed by atoms with Crippen molar-refractivity contribution in [1.29, 1.82) is 0 Å². The fourth-order valence-corrected chi connectivity index (χ4v) is 4.03. The third kappa shape index (κ3) is 5.53. The molecule has 0 bridgehead atoms. The number of thiocarbonyl (C=S) groups is 1. The Kier molecular flexibility index (Phi) is 7.18. The molecule has 2 aromatic carbocycles. The normalized spacial score (nSPS) is 15.3. The number of pyridine rings is 1. The highest BCUT2D eigenvalue weighted by Crippen LogP contribution is 2.27. The van der Waals surface area contributed by atoms with E-state index in [0.717, 1.165) is 6.20 Å². The smallest absolute Gasteiger partial charge is 0.287 e. The topological polar surface area (TPSA) is 121 Å². The van der Waals surface area contributed by atoms with Gasteiger partial charge >= 0.3 is 0 Å². The number of nitrogens with zero attached hydrogens (tertiary/aromatic N) is 4. The maximum atomic E-state index is 13.4. The molecule has 1 aromatic heterocycles. The summed E-state index contributed by atoms with van der Waals surface area (Å²) in [7, 11) is 0. The number of amides is 2.